The van der Waals surface area contributed by atoms with Crippen molar-refractivity contribution in [1.82, 2.24) is 20.0 Å². The second-order valence-electron chi connectivity index (χ2n) is 8.64. The van der Waals surface area contributed by atoms with E-state index in [1.54, 1.807) is 25.2 Å². The number of rotatable bonds is 4. The summed E-state index contributed by atoms with van der Waals surface area (Å²) in [5, 5.41) is 16.1. The van der Waals surface area contributed by atoms with Crippen LogP contribution in [0.15, 0.2) is 72.9 Å². The van der Waals surface area contributed by atoms with Gasteiger partial charge in [0.25, 0.3) is 11.8 Å². The van der Waals surface area contributed by atoms with Gasteiger partial charge >= 0.3 is 0 Å². The van der Waals surface area contributed by atoms with Crippen molar-refractivity contribution in [3.05, 3.63) is 95.2 Å². The van der Waals surface area contributed by atoms with E-state index in [9.17, 15) is 14.7 Å². The van der Waals surface area contributed by atoms with Gasteiger partial charge in [-0.2, -0.15) is 0 Å². The van der Waals surface area contributed by atoms with E-state index in [4.69, 9.17) is 4.98 Å². The highest BCUT2D eigenvalue weighted by Gasteiger charge is 2.32. The smallest absolute Gasteiger partial charge is 0.251 e. The van der Waals surface area contributed by atoms with Crippen molar-refractivity contribution in [2.45, 2.75) is 18.6 Å². The molecule has 174 valence electrons. The molecule has 2 amide bonds. The summed E-state index contributed by atoms with van der Waals surface area (Å²) in [6, 6.07) is 20.3. The molecule has 7 nitrogen and oxygen atoms in total. The van der Waals surface area contributed by atoms with Crippen LogP contribution in [0.5, 0.6) is 0 Å². The minimum absolute atomic E-state index is 0.125. The number of fused-ring (bicyclic) bond motifs is 4. The number of thiazole rings is 1. The normalized spacial score (nSPS) is 17.0. The van der Waals surface area contributed by atoms with Crippen LogP contribution in [0.3, 0.4) is 0 Å². The van der Waals surface area contributed by atoms with E-state index in [0.29, 0.717) is 17.5 Å². The lowest BCUT2D eigenvalue weighted by atomic mass is 10.1. The van der Waals surface area contributed by atoms with E-state index in [0.717, 1.165) is 37.6 Å². The molecule has 0 bridgehead atoms. The zero-order valence-electron chi connectivity index (χ0n) is 18.9. The minimum atomic E-state index is -0.631. The molecule has 6 rings (SSSR count). The molecule has 5 aromatic rings. The molecular weight excluding hydrogens is 460 g/mol. The Morgan fingerprint density at radius 2 is 1.80 bits per heavy atom. The van der Waals surface area contributed by atoms with Crippen LogP contribution in [-0.2, 0) is 6.42 Å². The fourth-order valence-electron chi connectivity index (χ4n) is 4.69. The number of carbonyl (C=O) groups is 2. The number of amides is 2. The van der Waals surface area contributed by atoms with Gasteiger partial charge in [0.05, 0.1) is 28.1 Å². The average molecular weight is 483 g/mol. The molecule has 2 heterocycles. The van der Waals surface area contributed by atoms with Crippen LogP contribution in [-0.4, -0.2) is 39.5 Å². The highest BCUT2D eigenvalue weighted by molar-refractivity contribution is 7.23. The van der Waals surface area contributed by atoms with Gasteiger partial charge in [-0.25, -0.2) is 4.98 Å². The van der Waals surface area contributed by atoms with E-state index in [-0.39, 0.29) is 11.8 Å². The third-order valence-corrected chi connectivity index (χ3v) is 7.53. The largest absolute Gasteiger partial charge is 0.390 e. The Kier molecular flexibility index (Phi) is 5.12. The van der Waals surface area contributed by atoms with Gasteiger partial charge in [-0.15, -0.1) is 0 Å². The molecule has 0 saturated heterocycles. The molecule has 8 heteroatoms. The lowest BCUT2D eigenvalue weighted by Gasteiger charge is -2.18. The summed E-state index contributed by atoms with van der Waals surface area (Å²) in [5.41, 5.74) is 5.89. The van der Waals surface area contributed by atoms with Crippen molar-refractivity contribution in [2.75, 3.05) is 7.05 Å². The van der Waals surface area contributed by atoms with Crippen LogP contribution in [0.25, 0.3) is 26.4 Å². The third kappa shape index (κ3) is 3.67. The lowest BCUT2D eigenvalue weighted by molar-refractivity contribution is 0.0858. The Balaban J connectivity index is 1.26. The van der Waals surface area contributed by atoms with Crippen LogP contribution in [0.1, 0.15) is 37.9 Å². The first-order chi connectivity index (χ1) is 17.0. The summed E-state index contributed by atoms with van der Waals surface area (Å²) in [7, 11) is 1.61. The van der Waals surface area contributed by atoms with Gasteiger partial charge in [-0.1, -0.05) is 47.7 Å². The van der Waals surface area contributed by atoms with E-state index < -0.39 is 12.1 Å². The maximum Gasteiger partial charge on any atom is 0.251 e. The SMILES string of the molecule is CNC(=O)c1ccc(-c2cn3c(n2)sc2cc(C(=O)N[C@H]4c5ccccc5C[C@H]4O)ccc23)cc1. The highest BCUT2D eigenvalue weighted by atomic mass is 32.1. The number of nitrogens with one attached hydrogen (secondary N) is 2. The Morgan fingerprint density at radius 1 is 1.03 bits per heavy atom. The fourth-order valence-corrected chi connectivity index (χ4v) is 5.74. The zero-order chi connectivity index (χ0) is 24.1. The quantitative estimate of drug-likeness (QED) is 0.361. The predicted molar refractivity (Wildman–Crippen MR) is 136 cm³/mol. The number of aliphatic hydroxyl groups excluding tert-OH is 1. The summed E-state index contributed by atoms with van der Waals surface area (Å²) in [4.78, 5) is 30.4. The number of aliphatic hydroxyl groups is 1. The molecule has 0 fully saturated rings. The van der Waals surface area contributed by atoms with E-state index >= 15 is 0 Å². The van der Waals surface area contributed by atoms with Crippen LogP contribution in [0.4, 0.5) is 0 Å². The molecule has 0 saturated carbocycles. The molecule has 3 aromatic carbocycles. The van der Waals surface area contributed by atoms with Crippen molar-refractivity contribution in [3.8, 4) is 11.3 Å². The molecule has 1 aliphatic carbocycles. The maximum atomic E-state index is 13.0. The molecule has 2 aromatic heterocycles. The Morgan fingerprint density at radius 3 is 2.60 bits per heavy atom. The van der Waals surface area contributed by atoms with E-state index in [2.05, 4.69) is 10.6 Å². The Hall–Kier alpha value is -4.01. The molecule has 35 heavy (non-hydrogen) atoms. The minimum Gasteiger partial charge on any atom is -0.390 e. The summed E-state index contributed by atoms with van der Waals surface area (Å²) < 4.78 is 2.97. The molecule has 0 radical (unpaired) electrons. The number of aromatic nitrogens is 2. The number of hydrogen-bond donors (Lipinski definition) is 3. The van der Waals surface area contributed by atoms with Crippen LogP contribution in [0, 0.1) is 0 Å². The zero-order valence-corrected chi connectivity index (χ0v) is 19.7. The van der Waals surface area contributed by atoms with E-state index in [1.807, 2.05) is 59.1 Å². The van der Waals surface area contributed by atoms with E-state index in [1.165, 1.54) is 11.3 Å². The topological polar surface area (TPSA) is 95.7 Å². The number of benzene rings is 3. The number of carbonyl (C=O) groups excluding carboxylic acids is 2. The molecule has 1 aliphatic rings. The van der Waals surface area contributed by atoms with Crippen LogP contribution < -0.4 is 10.6 Å². The number of imidazole rings is 1. The number of nitrogens with zero attached hydrogens (tertiary/aromatic N) is 2. The maximum absolute atomic E-state index is 13.0. The van der Waals surface area contributed by atoms with Gasteiger partial charge in [0, 0.05) is 36.4 Å². The van der Waals surface area contributed by atoms with Crippen molar-refractivity contribution in [1.29, 1.82) is 0 Å². The molecular formula is C27H22N4O3S. The van der Waals surface area contributed by atoms with Gasteiger partial charge in [0.15, 0.2) is 4.96 Å². The molecule has 0 spiro atoms. The number of hydrogen-bond acceptors (Lipinski definition) is 5. The highest BCUT2D eigenvalue weighted by Crippen LogP contribution is 2.33. The summed E-state index contributed by atoms with van der Waals surface area (Å²) >= 11 is 1.51. The van der Waals surface area contributed by atoms with Crippen molar-refractivity contribution in [2.24, 2.45) is 0 Å². The molecule has 3 N–H and O–H groups in total. The standard InChI is InChI=1S/C27H22N4O3S/c1-28-25(33)16-8-6-15(7-9-16)20-14-31-21-11-10-18(13-23(21)35-27(31)29-20)26(34)30-24-19-5-3-2-4-17(19)12-22(24)32/h2-11,13-14,22,24,32H,12H2,1H3,(H,28,33)(H,30,34)/t22-,24+/m1/s1. The lowest BCUT2D eigenvalue weighted by Crippen LogP contribution is -2.33. The first-order valence-corrected chi connectivity index (χ1v) is 12.1. The average Bonchev–Trinajstić information content (AvgIpc) is 3.54. The second kappa shape index (κ2) is 8.33. The third-order valence-electron chi connectivity index (χ3n) is 6.52. The molecule has 2 atom stereocenters. The summed E-state index contributed by atoms with van der Waals surface area (Å²) in [5.74, 6) is -0.338. The van der Waals surface area contributed by atoms with Crippen LogP contribution in [0.2, 0.25) is 0 Å². The van der Waals surface area contributed by atoms with Gasteiger partial charge in [-0.05, 0) is 41.5 Å². The fraction of sp³-hybridized carbons (Fsp3) is 0.148. The predicted octanol–water partition coefficient (Wildman–Crippen LogP) is 3.96. The molecule has 0 unspecified atom stereocenters. The van der Waals surface area contributed by atoms with Crippen molar-refractivity contribution in [3.63, 3.8) is 0 Å². The Bertz CT molecular complexity index is 1600. The van der Waals surface area contributed by atoms with Crippen molar-refractivity contribution < 1.29 is 14.7 Å². The monoisotopic (exact) mass is 482 g/mol. The van der Waals surface area contributed by atoms with Crippen LogP contribution >= 0.6 is 11.3 Å². The summed E-state index contributed by atoms with van der Waals surface area (Å²) in [6.45, 7) is 0. The first kappa shape index (κ1) is 21.5. The molecule has 0 aliphatic heterocycles. The van der Waals surface area contributed by atoms with Crippen molar-refractivity contribution >= 4 is 38.3 Å². The van der Waals surface area contributed by atoms with Gasteiger partial charge < -0.3 is 15.7 Å². The van der Waals surface area contributed by atoms with Gasteiger partial charge in [0.2, 0.25) is 0 Å². The van der Waals surface area contributed by atoms with Gasteiger partial charge in [-0.3, -0.25) is 14.0 Å². The Labute approximate surface area is 205 Å². The van der Waals surface area contributed by atoms with Gasteiger partial charge in [0.1, 0.15) is 0 Å². The first-order valence-electron chi connectivity index (χ1n) is 11.3. The second-order valence-corrected chi connectivity index (χ2v) is 9.65. The summed E-state index contributed by atoms with van der Waals surface area (Å²) in [6.07, 6.45) is 1.88.